The van der Waals surface area contributed by atoms with Gasteiger partial charge in [0.15, 0.2) is 0 Å². The molecule has 0 saturated heterocycles. The summed E-state index contributed by atoms with van der Waals surface area (Å²) in [5, 5.41) is 8.86. The molecule has 0 spiro atoms. The average Bonchev–Trinajstić information content (AvgIpc) is 1.29. The topological polar surface area (TPSA) is 98.4 Å². The van der Waals surface area contributed by atoms with Gasteiger partial charge in [-0.2, -0.15) is 42.5 Å². The van der Waals surface area contributed by atoms with Crippen LogP contribution in [0.15, 0.2) is 261 Å². The molecule has 0 atom stereocenters. The zero-order valence-electron chi connectivity index (χ0n) is 50.0. The molecule has 0 aliphatic carbocycles. The maximum absolute atomic E-state index is 10.7. The van der Waals surface area contributed by atoms with Gasteiger partial charge in [0.25, 0.3) is 0 Å². The number of hydrogen-bond acceptors (Lipinski definition) is 3. The van der Waals surface area contributed by atoms with Gasteiger partial charge in [-0.1, -0.05) is 171 Å². The molecule has 22 heteroatoms. The van der Waals surface area contributed by atoms with E-state index in [4.69, 9.17) is 66.8 Å². The molecule has 0 aliphatic rings. The summed E-state index contributed by atoms with van der Waals surface area (Å²) in [6.07, 6.45) is 13.7. The first kappa shape index (κ1) is 92.4. The van der Waals surface area contributed by atoms with E-state index in [0.29, 0.717) is 0 Å². The molecule has 0 bridgehead atoms. The number of aromatic nitrogens is 3. The maximum Gasteiger partial charge on any atom is 2.00 e. The SMILES string of the molecule is CC(C)(C)c1ccnc(-c2cc(C(C)(C)C)ccn2)c1.ClCCl.ClCCl.F[P-](F)(F)(F)(F)F.[C-]#Cc1ccncc1.[C-]#[O+].[C-]#[O+].[C-]#[O+].[Fe+2].[Re].[Ru+].c1cc[cH-]c1.c1ccc(P(c2ccccc2)[c-]2cccc2)cc1.c1ccc(P(c2ccccc2)c2ccc[cH-]2)cc1. The third kappa shape index (κ3) is 43.5. The predicted molar refractivity (Wildman–Crippen MR) is 357 cm³/mol. The van der Waals surface area contributed by atoms with Crippen molar-refractivity contribution in [3.05, 3.63) is 304 Å². The van der Waals surface area contributed by atoms with Gasteiger partial charge in [0.05, 0.1) is 22.1 Å². The summed E-state index contributed by atoms with van der Waals surface area (Å²) in [5.41, 5.74) is 5.47. The van der Waals surface area contributed by atoms with Crippen LogP contribution in [-0.2, 0) is 81.8 Å². The van der Waals surface area contributed by atoms with Gasteiger partial charge in [0, 0.05) is 45.2 Å². The molecule has 91 heavy (non-hydrogen) atoms. The minimum atomic E-state index is -10.7. The Balaban J connectivity index is -0.000000500. The number of rotatable bonds is 7. The molecule has 0 fully saturated rings. The Labute approximate surface area is 592 Å². The van der Waals surface area contributed by atoms with Crippen LogP contribution in [0.3, 0.4) is 0 Å². The van der Waals surface area contributed by atoms with Crippen LogP contribution in [0.25, 0.3) is 11.4 Å². The van der Waals surface area contributed by atoms with Crippen LogP contribution in [0.2, 0.25) is 0 Å². The zero-order valence-corrected chi connectivity index (χ0v) is 61.3. The monoisotopic (exact) mass is 1680 g/mol. The van der Waals surface area contributed by atoms with Crippen LogP contribution >= 0.6 is 70.1 Å². The quantitative estimate of drug-likeness (QED) is 0.0302. The summed E-state index contributed by atoms with van der Waals surface area (Å²) in [6, 6.07) is 82.4. The maximum atomic E-state index is 9.87. The van der Waals surface area contributed by atoms with Crippen molar-refractivity contribution >= 4 is 102 Å². The second-order valence-corrected chi connectivity index (χ2v) is 27.1. The van der Waals surface area contributed by atoms with E-state index in [1.807, 2.05) is 42.7 Å². The van der Waals surface area contributed by atoms with Crippen molar-refractivity contribution < 1.29 is 96.1 Å². The molecule has 10 aromatic rings. The summed E-state index contributed by atoms with van der Waals surface area (Å²) in [7, 11) is -11.5. The minimum Gasteiger partial charge on any atom is -0.214 e. The van der Waals surface area contributed by atoms with E-state index in [-0.39, 0.29) is 78.5 Å². The van der Waals surface area contributed by atoms with E-state index in [1.54, 1.807) is 24.5 Å². The van der Waals surface area contributed by atoms with E-state index in [1.165, 1.54) is 43.0 Å². The van der Waals surface area contributed by atoms with E-state index >= 15 is 0 Å². The van der Waals surface area contributed by atoms with Crippen LogP contribution in [0, 0.1) is 32.3 Å². The number of alkyl halides is 4. The fourth-order valence-corrected chi connectivity index (χ4v) is 11.7. The molecule has 0 unspecified atom stereocenters. The van der Waals surface area contributed by atoms with Crippen molar-refractivity contribution in [3.63, 3.8) is 0 Å². The van der Waals surface area contributed by atoms with Gasteiger partial charge in [-0.05, 0) is 75.4 Å². The molecule has 0 saturated carbocycles. The van der Waals surface area contributed by atoms with Gasteiger partial charge in [-0.25, -0.2) is 36.4 Å². The van der Waals surface area contributed by atoms with Crippen molar-refractivity contribution in [2.45, 2.75) is 52.4 Å². The number of hydrogen-bond donors (Lipinski definition) is 0. The Hall–Kier alpha value is -5.00. The normalized spacial score (nSPS) is 10.4. The van der Waals surface area contributed by atoms with E-state index in [0.717, 1.165) is 17.0 Å². The molecule has 0 amide bonds. The van der Waals surface area contributed by atoms with Gasteiger partial charge >= 0.3 is 103 Å². The fourth-order valence-electron chi connectivity index (χ4n) is 7.06. The van der Waals surface area contributed by atoms with Crippen molar-refractivity contribution in [3.8, 4) is 17.3 Å². The van der Waals surface area contributed by atoms with Gasteiger partial charge in [0.1, 0.15) is 0 Å². The van der Waals surface area contributed by atoms with Crippen LogP contribution in [0.5, 0.6) is 0 Å². The molecule has 6 nitrogen and oxygen atoms in total. The van der Waals surface area contributed by atoms with E-state index in [9.17, 15) is 25.2 Å². The third-order valence-corrected chi connectivity index (χ3v) is 15.6. The van der Waals surface area contributed by atoms with Gasteiger partial charge < -0.3 is 6.42 Å². The molecule has 3 aromatic heterocycles. The van der Waals surface area contributed by atoms with Gasteiger partial charge in [-0.15, -0.1) is 74.7 Å². The minimum absolute atomic E-state index is 0. The Bertz CT molecular complexity index is 3160. The molecule has 10 rings (SSSR count). The number of halogens is 10. The van der Waals surface area contributed by atoms with Crippen LogP contribution < -0.4 is 31.8 Å². The number of pyridine rings is 3. The molecule has 0 N–H and O–H groups in total. The van der Waals surface area contributed by atoms with E-state index in [2.05, 4.69) is 276 Å². The van der Waals surface area contributed by atoms with Crippen LogP contribution in [0.1, 0.15) is 58.2 Å². The largest absolute Gasteiger partial charge is 2.00 e. The van der Waals surface area contributed by atoms with Crippen molar-refractivity contribution in [1.29, 1.82) is 0 Å². The Kier molecular flexibility index (Phi) is 50.3. The third-order valence-electron chi connectivity index (χ3n) is 10.8. The molecule has 7 aromatic carbocycles. The molecular weight excluding hydrogens is 1610 g/mol. The van der Waals surface area contributed by atoms with Gasteiger partial charge in [0.2, 0.25) is 0 Å². The first-order valence-corrected chi connectivity index (χ1v) is 32.7. The smallest absolute Gasteiger partial charge is 0.214 e. The molecule has 484 valence electrons. The van der Waals surface area contributed by atoms with Gasteiger partial charge in [-0.3, -0.25) is 20.9 Å². The number of nitrogens with zero attached hydrogens (tertiary/aromatic N) is 3. The first-order valence-electron chi connectivity index (χ1n) is 25.9. The summed E-state index contributed by atoms with van der Waals surface area (Å²) in [5.74, 6) is 2.24. The summed E-state index contributed by atoms with van der Waals surface area (Å²) in [4.78, 5) is 12.7. The zero-order chi connectivity index (χ0) is 66.6. The summed E-state index contributed by atoms with van der Waals surface area (Å²) < 4.78 is 81.7. The Morgan fingerprint density at radius 3 is 1.09 bits per heavy atom. The fraction of sp³-hybridized carbons (Fsp3) is 0.145. The molecular formula is C69H65Cl4F6FeN3O3P3ReRu-2. The summed E-state index contributed by atoms with van der Waals surface area (Å²) in [6.45, 7) is 26.8. The molecule has 3 heterocycles. The average molecular weight is 1680 g/mol. The van der Waals surface area contributed by atoms with E-state index < -0.39 is 23.7 Å². The first-order chi connectivity index (χ1) is 41.8. The predicted octanol–water partition coefficient (Wildman–Crippen LogP) is 19.6. The standard InChI is InChI=1S/C18H24N2.2C17H14P.C7H4N.C5H5.2CH2Cl2.3CO.F6P.Fe.Re.Ru/c1-17(2,3)13-7-9-19-15(11-13)16-12-14(8-10-20-16)18(4,5)6;2*1-3-9-15(10-4-1)18(17-13-7-8-14-17)16-11-5-2-6-12-16;1-2-7-3-5-8-6-4-7;1-2-4-5-3-1;2*2-1-3;3*1-2;1-7(2,3,4,5)6;;;/h7-12H,1-6H3;2*1-14H;3-6H;1-5H;2*1H2;;;;;;;/q;4*-1;;;;;;-1;+2;;+1. The summed E-state index contributed by atoms with van der Waals surface area (Å²) >= 11 is 19.1. The Morgan fingerprint density at radius 1 is 0.495 bits per heavy atom. The van der Waals surface area contributed by atoms with Crippen LogP contribution in [-0.4, -0.2) is 25.6 Å². The van der Waals surface area contributed by atoms with Crippen molar-refractivity contribution in [2.24, 2.45) is 0 Å². The van der Waals surface area contributed by atoms with Crippen LogP contribution in [0.4, 0.5) is 25.2 Å². The number of benzene rings is 4. The molecule has 2 radical (unpaired) electrons. The Morgan fingerprint density at radius 2 is 0.824 bits per heavy atom. The van der Waals surface area contributed by atoms with Crippen molar-refractivity contribution in [1.82, 2.24) is 15.0 Å². The van der Waals surface area contributed by atoms with Crippen molar-refractivity contribution in [2.75, 3.05) is 10.7 Å². The second kappa shape index (κ2) is 49.6. The molecule has 0 aliphatic heterocycles. The second-order valence-electron chi connectivity index (χ2n) is 19.1.